The molecule has 2 aliphatic rings. The fourth-order valence-corrected chi connectivity index (χ4v) is 4.30. The van der Waals surface area contributed by atoms with Crippen molar-refractivity contribution in [2.75, 3.05) is 12.4 Å². The standard InChI is InChI=1S/C24H28N2O4/c1-16-24(28)26(20-8-4-3-5-9-20)15-18-13-19(11-12-22(18)30-16)25-23(27)17-7-6-10-21(14-17)29-2/h6-7,10-14,16,20H,3-5,8-9,15H2,1-2H3,(H,25,27). The van der Waals surface area contributed by atoms with Crippen molar-refractivity contribution >= 4 is 17.5 Å². The molecule has 0 aromatic heterocycles. The minimum atomic E-state index is -0.509. The normalized spacial score (nSPS) is 19.5. The van der Waals surface area contributed by atoms with E-state index < -0.39 is 6.10 Å². The largest absolute Gasteiger partial charge is 0.497 e. The first-order valence-electron chi connectivity index (χ1n) is 10.6. The minimum Gasteiger partial charge on any atom is -0.497 e. The van der Waals surface area contributed by atoms with Gasteiger partial charge in [-0.2, -0.15) is 0 Å². The van der Waals surface area contributed by atoms with E-state index in [2.05, 4.69) is 5.32 Å². The molecule has 1 heterocycles. The van der Waals surface area contributed by atoms with Gasteiger partial charge in [-0.15, -0.1) is 0 Å². The zero-order chi connectivity index (χ0) is 21.1. The monoisotopic (exact) mass is 408 g/mol. The molecule has 4 rings (SSSR count). The molecule has 2 aromatic rings. The predicted octanol–water partition coefficient (Wildman–Crippen LogP) is 4.39. The Labute approximate surface area is 177 Å². The lowest BCUT2D eigenvalue weighted by Crippen LogP contribution is -2.45. The molecule has 30 heavy (non-hydrogen) atoms. The highest BCUT2D eigenvalue weighted by atomic mass is 16.5. The summed E-state index contributed by atoms with van der Waals surface area (Å²) in [4.78, 5) is 27.6. The molecule has 1 unspecified atom stereocenters. The van der Waals surface area contributed by atoms with Crippen LogP contribution in [0.3, 0.4) is 0 Å². The summed E-state index contributed by atoms with van der Waals surface area (Å²) in [6.45, 7) is 2.32. The third kappa shape index (κ3) is 4.27. The number of benzene rings is 2. The van der Waals surface area contributed by atoms with Crippen LogP contribution in [0.25, 0.3) is 0 Å². The number of amides is 2. The second kappa shape index (κ2) is 8.78. The number of hydrogen-bond donors (Lipinski definition) is 1. The van der Waals surface area contributed by atoms with Crippen LogP contribution in [-0.4, -0.2) is 36.0 Å². The van der Waals surface area contributed by atoms with Crippen LogP contribution in [-0.2, 0) is 11.3 Å². The molecule has 6 heteroatoms. The zero-order valence-corrected chi connectivity index (χ0v) is 17.5. The van der Waals surface area contributed by atoms with Crippen LogP contribution in [0.4, 0.5) is 5.69 Å². The second-order valence-corrected chi connectivity index (χ2v) is 8.03. The molecule has 1 aliphatic carbocycles. The predicted molar refractivity (Wildman–Crippen MR) is 115 cm³/mol. The summed E-state index contributed by atoms with van der Waals surface area (Å²) < 4.78 is 11.1. The van der Waals surface area contributed by atoms with E-state index in [4.69, 9.17) is 9.47 Å². The van der Waals surface area contributed by atoms with Gasteiger partial charge in [0.1, 0.15) is 11.5 Å². The smallest absolute Gasteiger partial charge is 0.263 e. The molecule has 0 spiro atoms. The molecule has 0 bridgehead atoms. The number of rotatable bonds is 4. The molecule has 0 saturated heterocycles. The van der Waals surface area contributed by atoms with Gasteiger partial charge in [-0.05, 0) is 56.2 Å². The first-order valence-corrected chi connectivity index (χ1v) is 10.6. The highest BCUT2D eigenvalue weighted by molar-refractivity contribution is 6.04. The number of nitrogens with zero attached hydrogens (tertiary/aromatic N) is 1. The quantitative estimate of drug-likeness (QED) is 0.815. The lowest BCUT2D eigenvalue weighted by Gasteiger charge is -2.34. The van der Waals surface area contributed by atoms with Crippen molar-refractivity contribution in [3.05, 3.63) is 53.6 Å². The van der Waals surface area contributed by atoms with E-state index >= 15 is 0 Å². The summed E-state index contributed by atoms with van der Waals surface area (Å²) in [6, 6.07) is 12.9. The van der Waals surface area contributed by atoms with Crippen molar-refractivity contribution in [3.8, 4) is 11.5 Å². The van der Waals surface area contributed by atoms with Crippen molar-refractivity contribution in [2.45, 2.75) is 57.7 Å². The van der Waals surface area contributed by atoms with E-state index in [0.29, 0.717) is 29.3 Å². The van der Waals surface area contributed by atoms with Gasteiger partial charge < -0.3 is 19.7 Å². The Bertz CT molecular complexity index is 937. The number of fused-ring (bicyclic) bond motifs is 1. The molecule has 158 valence electrons. The Morgan fingerprint density at radius 1 is 1.13 bits per heavy atom. The lowest BCUT2D eigenvalue weighted by atomic mass is 9.93. The molecule has 1 N–H and O–H groups in total. The SMILES string of the molecule is COc1cccc(C(=O)Nc2ccc3c(c2)CN(C2CCCCC2)C(=O)C(C)O3)c1. The number of nitrogens with one attached hydrogen (secondary N) is 1. The fourth-order valence-electron chi connectivity index (χ4n) is 4.30. The van der Waals surface area contributed by atoms with E-state index in [1.165, 1.54) is 6.42 Å². The van der Waals surface area contributed by atoms with Crippen LogP contribution >= 0.6 is 0 Å². The molecule has 1 atom stereocenters. The van der Waals surface area contributed by atoms with Gasteiger partial charge in [-0.3, -0.25) is 9.59 Å². The molecule has 1 aliphatic heterocycles. The molecule has 0 radical (unpaired) electrons. The van der Waals surface area contributed by atoms with Crippen LogP contribution in [0, 0.1) is 0 Å². The Hall–Kier alpha value is -3.02. The van der Waals surface area contributed by atoms with E-state index in [-0.39, 0.29) is 17.9 Å². The number of anilines is 1. The van der Waals surface area contributed by atoms with Gasteiger partial charge in [0.05, 0.1) is 7.11 Å². The lowest BCUT2D eigenvalue weighted by molar-refractivity contribution is -0.140. The van der Waals surface area contributed by atoms with Crippen molar-refractivity contribution in [2.24, 2.45) is 0 Å². The molecular weight excluding hydrogens is 380 g/mol. The maximum atomic E-state index is 12.9. The molecule has 1 fully saturated rings. The summed E-state index contributed by atoms with van der Waals surface area (Å²) in [6.07, 6.45) is 5.13. The third-order valence-corrected chi connectivity index (χ3v) is 5.94. The number of carbonyl (C=O) groups excluding carboxylic acids is 2. The molecule has 2 amide bonds. The Kier molecular flexibility index (Phi) is 5.93. The Morgan fingerprint density at radius 3 is 2.70 bits per heavy atom. The van der Waals surface area contributed by atoms with Crippen molar-refractivity contribution in [1.29, 1.82) is 0 Å². The van der Waals surface area contributed by atoms with Crippen LogP contribution in [0.1, 0.15) is 54.9 Å². The second-order valence-electron chi connectivity index (χ2n) is 8.03. The van der Waals surface area contributed by atoms with E-state index in [1.807, 2.05) is 30.0 Å². The summed E-state index contributed by atoms with van der Waals surface area (Å²) >= 11 is 0. The highest BCUT2D eigenvalue weighted by Gasteiger charge is 2.33. The van der Waals surface area contributed by atoms with E-state index in [1.54, 1.807) is 31.4 Å². The first-order chi connectivity index (χ1) is 14.5. The van der Waals surface area contributed by atoms with Gasteiger partial charge in [0.2, 0.25) is 0 Å². The van der Waals surface area contributed by atoms with Crippen LogP contribution < -0.4 is 14.8 Å². The Morgan fingerprint density at radius 2 is 1.93 bits per heavy atom. The zero-order valence-electron chi connectivity index (χ0n) is 17.5. The molecular formula is C24H28N2O4. The maximum Gasteiger partial charge on any atom is 0.263 e. The number of ether oxygens (including phenoxy) is 2. The Balaban J connectivity index is 1.56. The number of hydrogen-bond acceptors (Lipinski definition) is 4. The van der Waals surface area contributed by atoms with Crippen LogP contribution in [0.2, 0.25) is 0 Å². The average Bonchev–Trinajstić information content (AvgIpc) is 2.90. The average molecular weight is 408 g/mol. The van der Waals surface area contributed by atoms with Gasteiger partial charge in [-0.25, -0.2) is 0 Å². The third-order valence-electron chi connectivity index (χ3n) is 5.94. The van der Waals surface area contributed by atoms with Crippen LogP contribution in [0.15, 0.2) is 42.5 Å². The number of carbonyl (C=O) groups is 2. The van der Waals surface area contributed by atoms with E-state index in [9.17, 15) is 9.59 Å². The van der Waals surface area contributed by atoms with Gasteiger partial charge in [0.15, 0.2) is 6.10 Å². The van der Waals surface area contributed by atoms with Gasteiger partial charge in [0, 0.05) is 29.4 Å². The highest BCUT2D eigenvalue weighted by Crippen LogP contribution is 2.32. The summed E-state index contributed by atoms with van der Waals surface area (Å²) in [7, 11) is 1.57. The molecule has 1 saturated carbocycles. The van der Waals surface area contributed by atoms with Crippen molar-refractivity contribution in [3.63, 3.8) is 0 Å². The molecule has 2 aromatic carbocycles. The van der Waals surface area contributed by atoms with Gasteiger partial charge in [0.25, 0.3) is 11.8 Å². The van der Waals surface area contributed by atoms with Crippen molar-refractivity contribution in [1.82, 2.24) is 4.90 Å². The van der Waals surface area contributed by atoms with Gasteiger partial charge in [-0.1, -0.05) is 25.3 Å². The minimum absolute atomic E-state index is 0.0417. The van der Waals surface area contributed by atoms with Crippen molar-refractivity contribution < 1.29 is 19.1 Å². The summed E-state index contributed by atoms with van der Waals surface area (Å²) in [5, 5.41) is 2.94. The topological polar surface area (TPSA) is 67.9 Å². The summed E-state index contributed by atoms with van der Waals surface area (Å²) in [5.74, 6) is 1.17. The van der Waals surface area contributed by atoms with E-state index in [0.717, 1.165) is 31.2 Å². The van der Waals surface area contributed by atoms with Crippen LogP contribution in [0.5, 0.6) is 11.5 Å². The molecule has 6 nitrogen and oxygen atoms in total. The number of methoxy groups -OCH3 is 1. The summed E-state index contributed by atoms with van der Waals surface area (Å²) in [5.41, 5.74) is 2.12. The van der Waals surface area contributed by atoms with Gasteiger partial charge >= 0.3 is 0 Å². The first kappa shape index (κ1) is 20.3. The fraction of sp³-hybridized carbons (Fsp3) is 0.417. The maximum absolute atomic E-state index is 12.9.